The van der Waals surface area contributed by atoms with Crippen LogP contribution in [0.15, 0.2) is 17.2 Å². The maximum atomic E-state index is 12.2. The Bertz CT molecular complexity index is 513. The minimum atomic E-state index is -3.47. The van der Waals surface area contributed by atoms with Crippen molar-refractivity contribution in [3.05, 3.63) is 22.4 Å². The summed E-state index contributed by atoms with van der Waals surface area (Å²) in [5.41, 5.74) is 0. The Hall–Kier alpha value is -0.360. The van der Waals surface area contributed by atoms with Crippen molar-refractivity contribution in [1.82, 2.24) is 9.29 Å². The molecule has 1 saturated heterocycles. The first-order valence-corrected chi connectivity index (χ1v) is 7.52. The smallest absolute Gasteiger partial charge is 0.242 e. The number of rotatable bonds is 2. The highest BCUT2D eigenvalue weighted by molar-refractivity contribution is 7.89. The molecule has 0 aromatic carbocycles. The highest BCUT2D eigenvalue weighted by Crippen LogP contribution is 2.25. The van der Waals surface area contributed by atoms with E-state index >= 15 is 0 Å². The van der Waals surface area contributed by atoms with E-state index < -0.39 is 10.0 Å². The molecule has 0 saturated carbocycles. The van der Waals surface area contributed by atoms with Crippen molar-refractivity contribution in [1.29, 1.82) is 0 Å². The predicted octanol–water partition coefficient (Wildman–Crippen LogP) is 2.56. The summed E-state index contributed by atoms with van der Waals surface area (Å²) in [6.07, 6.45) is 4.12. The van der Waals surface area contributed by atoms with Crippen LogP contribution < -0.4 is 0 Å². The fraction of sp³-hybridized carbons (Fsp3) is 0.500. The van der Waals surface area contributed by atoms with Gasteiger partial charge in [-0.05, 0) is 18.9 Å². The molecule has 1 aliphatic heterocycles. The van der Waals surface area contributed by atoms with E-state index in [1.807, 2.05) is 0 Å². The first kappa shape index (κ1) is 13.1. The summed E-state index contributed by atoms with van der Waals surface area (Å²) in [5.74, 6) is 0. The third-order valence-electron chi connectivity index (χ3n) is 2.72. The Morgan fingerprint density at radius 3 is 2.41 bits per heavy atom. The first-order valence-electron chi connectivity index (χ1n) is 5.33. The number of halogens is 2. The van der Waals surface area contributed by atoms with E-state index in [9.17, 15) is 8.42 Å². The molecule has 7 heteroatoms. The Morgan fingerprint density at radius 1 is 1.18 bits per heavy atom. The van der Waals surface area contributed by atoms with Crippen molar-refractivity contribution in [2.45, 2.75) is 24.2 Å². The lowest BCUT2D eigenvalue weighted by atomic mass is 10.2. The van der Waals surface area contributed by atoms with Gasteiger partial charge in [0.25, 0.3) is 0 Å². The van der Waals surface area contributed by atoms with E-state index in [1.54, 1.807) is 0 Å². The van der Waals surface area contributed by atoms with Crippen molar-refractivity contribution in [3.8, 4) is 0 Å². The van der Waals surface area contributed by atoms with Gasteiger partial charge in [-0.25, -0.2) is 13.4 Å². The number of aromatic nitrogens is 1. The van der Waals surface area contributed by atoms with Gasteiger partial charge in [0, 0.05) is 19.3 Å². The quantitative estimate of drug-likeness (QED) is 0.788. The maximum absolute atomic E-state index is 12.2. The topological polar surface area (TPSA) is 50.3 Å². The van der Waals surface area contributed by atoms with Crippen molar-refractivity contribution >= 4 is 33.2 Å². The number of nitrogens with zero attached hydrogens (tertiary/aromatic N) is 2. The van der Waals surface area contributed by atoms with Crippen LogP contribution in [0, 0.1) is 0 Å². The molecule has 17 heavy (non-hydrogen) atoms. The summed E-state index contributed by atoms with van der Waals surface area (Å²) in [5, 5.41) is 0.272. The van der Waals surface area contributed by atoms with Gasteiger partial charge >= 0.3 is 0 Å². The second-order valence-corrected chi connectivity index (χ2v) is 6.61. The Labute approximate surface area is 111 Å². The standard InChI is InChI=1S/C10H12Cl2N2O2S/c11-9-6-8(7-13-10(9)12)17(15,16)14-4-2-1-3-5-14/h6-7H,1-5H2. The lowest BCUT2D eigenvalue weighted by Gasteiger charge is -2.25. The van der Waals surface area contributed by atoms with Gasteiger partial charge in [-0.1, -0.05) is 29.6 Å². The number of hydrogen-bond acceptors (Lipinski definition) is 3. The van der Waals surface area contributed by atoms with Crippen LogP contribution in [-0.4, -0.2) is 30.8 Å². The van der Waals surface area contributed by atoms with E-state index in [4.69, 9.17) is 23.2 Å². The van der Waals surface area contributed by atoms with Gasteiger partial charge < -0.3 is 0 Å². The normalized spacial score (nSPS) is 18.2. The SMILES string of the molecule is O=S(=O)(c1cnc(Cl)c(Cl)c1)N1CCCCC1. The van der Waals surface area contributed by atoms with Gasteiger partial charge in [0.1, 0.15) is 10.0 Å². The molecule has 1 aromatic heterocycles. The first-order chi connectivity index (χ1) is 8.01. The summed E-state index contributed by atoms with van der Waals surface area (Å²) in [4.78, 5) is 3.87. The van der Waals surface area contributed by atoms with Crippen LogP contribution >= 0.6 is 23.2 Å². The minimum Gasteiger partial charge on any atom is -0.242 e. The van der Waals surface area contributed by atoms with E-state index in [-0.39, 0.29) is 15.1 Å². The third kappa shape index (κ3) is 2.73. The van der Waals surface area contributed by atoms with Crippen LogP contribution in [0.25, 0.3) is 0 Å². The van der Waals surface area contributed by atoms with E-state index in [0.717, 1.165) is 19.3 Å². The van der Waals surface area contributed by atoms with Crippen LogP contribution in [0.2, 0.25) is 10.2 Å². The van der Waals surface area contributed by atoms with Gasteiger partial charge in [0.2, 0.25) is 10.0 Å². The molecule has 2 heterocycles. The number of piperidine rings is 1. The van der Waals surface area contributed by atoms with E-state index in [2.05, 4.69) is 4.98 Å². The van der Waals surface area contributed by atoms with Crippen molar-refractivity contribution in [2.24, 2.45) is 0 Å². The van der Waals surface area contributed by atoms with Crippen LogP contribution in [0.4, 0.5) is 0 Å². The summed E-state index contributed by atoms with van der Waals surface area (Å²) >= 11 is 11.4. The molecule has 0 unspecified atom stereocenters. The second kappa shape index (κ2) is 5.10. The van der Waals surface area contributed by atoms with Crippen LogP contribution in [0.5, 0.6) is 0 Å². The molecule has 1 aliphatic rings. The molecule has 0 bridgehead atoms. The molecule has 2 rings (SSSR count). The average Bonchev–Trinajstić information content (AvgIpc) is 2.33. The monoisotopic (exact) mass is 294 g/mol. The van der Waals surface area contributed by atoms with Crippen LogP contribution in [0.1, 0.15) is 19.3 Å². The van der Waals surface area contributed by atoms with Crippen molar-refractivity contribution in [2.75, 3.05) is 13.1 Å². The Balaban J connectivity index is 2.33. The molecule has 94 valence electrons. The lowest BCUT2D eigenvalue weighted by molar-refractivity contribution is 0.346. The van der Waals surface area contributed by atoms with Crippen LogP contribution in [0.3, 0.4) is 0 Å². The molecule has 4 nitrogen and oxygen atoms in total. The highest BCUT2D eigenvalue weighted by Gasteiger charge is 2.26. The van der Waals surface area contributed by atoms with Crippen LogP contribution in [-0.2, 0) is 10.0 Å². The zero-order valence-electron chi connectivity index (χ0n) is 9.07. The molecule has 1 aromatic rings. The zero-order valence-corrected chi connectivity index (χ0v) is 11.4. The predicted molar refractivity (Wildman–Crippen MR) is 66.9 cm³/mol. The van der Waals surface area contributed by atoms with Gasteiger partial charge in [0.05, 0.1) is 5.02 Å². The molecule has 0 atom stereocenters. The fourth-order valence-electron chi connectivity index (χ4n) is 1.80. The minimum absolute atomic E-state index is 0.105. The van der Waals surface area contributed by atoms with Crippen molar-refractivity contribution in [3.63, 3.8) is 0 Å². The van der Waals surface area contributed by atoms with Gasteiger partial charge in [0.15, 0.2) is 0 Å². The molecule has 0 radical (unpaired) electrons. The number of hydrogen-bond donors (Lipinski definition) is 0. The summed E-state index contributed by atoms with van der Waals surface area (Å²) in [6.45, 7) is 1.12. The highest BCUT2D eigenvalue weighted by atomic mass is 35.5. The van der Waals surface area contributed by atoms with E-state index in [0.29, 0.717) is 13.1 Å². The largest absolute Gasteiger partial charge is 0.244 e. The third-order valence-corrected chi connectivity index (χ3v) is 5.27. The number of sulfonamides is 1. The summed E-state index contributed by atoms with van der Waals surface area (Å²) < 4.78 is 25.9. The zero-order chi connectivity index (χ0) is 12.5. The Morgan fingerprint density at radius 2 is 1.82 bits per heavy atom. The van der Waals surface area contributed by atoms with Gasteiger partial charge in [-0.15, -0.1) is 0 Å². The van der Waals surface area contributed by atoms with Gasteiger partial charge in [-0.3, -0.25) is 0 Å². The fourth-order valence-corrected chi connectivity index (χ4v) is 3.62. The number of pyridine rings is 1. The molecular formula is C10H12Cl2N2O2S. The van der Waals surface area contributed by atoms with Crippen molar-refractivity contribution < 1.29 is 8.42 Å². The molecule has 0 aliphatic carbocycles. The lowest BCUT2D eigenvalue weighted by Crippen LogP contribution is -2.35. The van der Waals surface area contributed by atoms with E-state index in [1.165, 1.54) is 16.6 Å². The molecular weight excluding hydrogens is 283 g/mol. The molecule has 0 amide bonds. The summed E-state index contributed by atoms with van der Waals surface area (Å²) in [7, 11) is -3.47. The molecule has 1 fully saturated rings. The second-order valence-electron chi connectivity index (χ2n) is 3.91. The summed E-state index contributed by atoms with van der Waals surface area (Å²) in [6, 6.07) is 1.35. The molecule has 0 N–H and O–H groups in total. The maximum Gasteiger partial charge on any atom is 0.244 e. The average molecular weight is 295 g/mol. The molecule has 0 spiro atoms. The van der Waals surface area contributed by atoms with Gasteiger partial charge in [-0.2, -0.15) is 4.31 Å². The Kier molecular flexibility index (Phi) is 3.92.